The van der Waals surface area contributed by atoms with Crippen LogP contribution < -0.4 is 0 Å². The van der Waals surface area contributed by atoms with Crippen LogP contribution >= 0.6 is 10.7 Å². The molecule has 2 rings (SSSR count). The molecule has 2 heterocycles. The van der Waals surface area contributed by atoms with Crippen molar-refractivity contribution in [2.45, 2.75) is 50.6 Å². The molecule has 0 amide bonds. The van der Waals surface area contributed by atoms with Gasteiger partial charge in [0.15, 0.2) is 5.82 Å². The Morgan fingerprint density at radius 3 is 2.65 bits per heavy atom. The van der Waals surface area contributed by atoms with E-state index < -0.39 is 9.05 Å². The van der Waals surface area contributed by atoms with E-state index in [2.05, 4.69) is 10.2 Å². The first-order valence-electron chi connectivity index (χ1n) is 5.46. The van der Waals surface area contributed by atoms with Gasteiger partial charge < -0.3 is 4.74 Å². The van der Waals surface area contributed by atoms with Gasteiger partial charge in [0.05, 0.1) is 6.10 Å². The average molecular weight is 280 g/mol. The normalized spacial score (nSPS) is 25.4. The topological polar surface area (TPSA) is 74.1 Å². The maximum Gasteiger partial charge on any atom is 0.296 e. The molecule has 0 radical (unpaired) electrons. The van der Waals surface area contributed by atoms with Crippen molar-refractivity contribution in [1.29, 1.82) is 0 Å². The third kappa shape index (κ3) is 2.46. The number of nitrogens with zero attached hydrogens (tertiary/aromatic N) is 3. The number of hydrogen-bond donors (Lipinski definition) is 0. The monoisotopic (exact) mass is 279 g/mol. The summed E-state index contributed by atoms with van der Waals surface area (Å²) in [5, 5.41) is 7.33. The maximum atomic E-state index is 11.3. The van der Waals surface area contributed by atoms with E-state index in [0.29, 0.717) is 12.4 Å². The summed E-state index contributed by atoms with van der Waals surface area (Å²) in [4.78, 5) is 0. The van der Waals surface area contributed by atoms with Crippen molar-refractivity contribution in [2.24, 2.45) is 0 Å². The van der Waals surface area contributed by atoms with Crippen LogP contribution in [-0.2, 0) is 20.3 Å². The van der Waals surface area contributed by atoms with Gasteiger partial charge in [-0.25, -0.2) is 8.42 Å². The highest BCUT2D eigenvalue weighted by molar-refractivity contribution is 8.13. The van der Waals surface area contributed by atoms with E-state index >= 15 is 0 Å². The lowest BCUT2D eigenvalue weighted by Crippen LogP contribution is -2.12. The van der Waals surface area contributed by atoms with Crippen LogP contribution in [-0.4, -0.2) is 29.3 Å². The summed E-state index contributed by atoms with van der Waals surface area (Å²) in [6.45, 7) is 4.24. The lowest BCUT2D eigenvalue weighted by Gasteiger charge is -2.11. The minimum absolute atomic E-state index is 0.165. The largest absolute Gasteiger partial charge is 0.367 e. The first kappa shape index (κ1) is 12.8. The molecular weight excluding hydrogens is 266 g/mol. The summed E-state index contributed by atoms with van der Waals surface area (Å²) in [5.41, 5.74) is 0. The third-order valence-corrected chi connectivity index (χ3v) is 3.95. The van der Waals surface area contributed by atoms with Crippen molar-refractivity contribution in [3.05, 3.63) is 5.82 Å². The predicted octanol–water partition coefficient (Wildman–Crippen LogP) is 1.47. The Morgan fingerprint density at radius 2 is 2.18 bits per heavy atom. The van der Waals surface area contributed by atoms with E-state index in [1.54, 1.807) is 0 Å². The molecule has 1 aromatic rings. The number of ether oxygens (including phenoxy) is 1. The molecule has 17 heavy (non-hydrogen) atoms. The quantitative estimate of drug-likeness (QED) is 0.783. The highest BCUT2D eigenvalue weighted by Gasteiger charge is 2.31. The first-order chi connectivity index (χ1) is 7.93. The second kappa shape index (κ2) is 4.55. The second-order valence-electron chi connectivity index (χ2n) is 4.04. The number of hydrogen-bond acceptors (Lipinski definition) is 5. The zero-order chi connectivity index (χ0) is 12.6. The highest BCUT2D eigenvalue weighted by Crippen LogP contribution is 2.32. The summed E-state index contributed by atoms with van der Waals surface area (Å²) in [6.07, 6.45) is 1.73. The van der Waals surface area contributed by atoms with Gasteiger partial charge in [-0.15, -0.1) is 10.2 Å². The molecule has 2 atom stereocenters. The molecule has 1 saturated heterocycles. The van der Waals surface area contributed by atoms with Crippen LogP contribution in [0.5, 0.6) is 0 Å². The van der Waals surface area contributed by atoms with E-state index in [1.807, 2.05) is 13.8 Å². The number of aromatic nitrogens is 3. The fourth-order valence-corrected chi connectivity index (χ4v) is 2.98. The van der Waals surface area contributed by atoms with Crippen LogP contribution in [0, 0.1) is 0 Å². The summed E-state index contributed by atoms with van der Waals surface area (Å²) < 4.78 is 29.8. The Morgan fingerprint density at radius 1 is 1.47 bits per heavy atom. The van der Waals surface area contributed by atoms with E-state index in [0.717, 1.165) is 12.8 Å². The van der Waals surface area contributed by atoms with Gasteiger partial charge in [0.2, 0.25) is 0 Å². The lowest BCUT2D eigenvalue weighted by molar-refractivity contribution is 0.0477. The molecule has 0 spiro atoms. The van der Waals surface area contributed by atoms with Crippen LogP contribution in [0.4, 0.5) is 0 Å². The Kier molecular flexibility index (Phi) is 3.42. The molecule has 6 nitrogen and oxygen atoms in total. The highest BCUT2D eigenvalue weighted by atomic mass is 35.7. The van der Waals surface area contributed by atoms with Gasteiger partial charge in [-0.1, -0.05) is 0 Å². The lowest BCUT2D eigenvalue weighted by atomic mass is 10.2. The molecular formula is C9H14ClN3O3S. The van der Waals surface area contributed by atoms with Crippen molar-refractivity contribution in [3.8, 4) is 0 Å². The van der Waals surface area contributed by atoms with Gasteiger partial charge in [0.1, 0.15) is 6.10 Å². The van der Waals surface area contributed by atoms with Crippen molar-refractivity contribution in [3.63, 3.8) is 0 Å². The van der Waals surface area contributed by atoms with Crippen LogP contribution in [0.25, 0.3) is 0 Å². The Hall–Kier alpha value is -0.660. The fraction of sp³-hybridized carbons (Fsp3) is 0.778. The van der Waals surface area contributed by atoms with Crippen molar-refractivity contribution in [1.82, 2.24) is 14.8 Å². The molecule has 2 unspecified atom stereocenters. The van der Waals surface area contributed by atoms with E-state index in [4.69, 9.17) is 15.4 Å². The molecule has 96 valence electrons. The number of rotatable bonds is 3. The molecule has 8 heteroatoms. The van der Waals surface area contributed by atoms with Crippen LogP contribution in [0.3, 0.4) is 0 Å². The second-order valence-corrected chi connectivity index (χ2v) is 6.50. The Bertz CT molecular complexity index is 514. The fourth-order valence-electron chi connectivity index (χ4n) is 2.01. The molecule has 1 aliphatic rings. The molecule has 1 aromatic heterocycles. The van der Waals surface area contributed by atoms with Gasteiger partial charge >= 0.3 is 0 Å². The van der Waals surface area contributed by atoms with Crippen molar-refractivity contribution >= 4 is 19.7 Å². The standard InChI is InChI=1S/C9H14ClN3O3S/c1-3-13-8(7-5-4-6(2)16-7)11-12-9(13)17(10,14)15/h6-7H,3-5H2,1-2H3. The van der Waals surface area contributed by atoms with E-state index in [9.17, 15) is 8.42 Å². The molecule has 0 saturated carbocycles. The molecule has 1 fully saturated rings. The Balaban J connectivity index is 2.39. The zero-order valence-electron chi connectivity index (χ0n) is 9.63. The molecule has 0 aromatic carbocycles. The molecule has 0 N–H and O–H groups in total. The predicted molar refractivity (Wildman–Crippen MR) is 61.3 cm³/mol. The van der Waals surface area contributed by atoms with Gasteiger partial charge in [0.25, 0.3) is 14.2 Å². The van der Waals surface area contributed by atoms with E-state index in [1.165, 1.54) is 4.57 Å². The Labute approximate surface area is 104 Å². The van der Waals surface area contributed by atoms with Gasteiger partial charge in [0, 0.05) is 17.2 Å². The molecule has 0 aliphatic carbocycles. The third-order valence-electron chi connectivity index (χ3n) is 2.80. The maximum absolute atomic E-state index is 11.3. The first-order valence-corrected chi connectivity index (χ1v) is 7.77. The van der Waals surface area contributed by atoms with Crippen LogP contribution in [0.15, 0.2) is 5.16 Å². The van der Waals surface area contributed by atoms with Gasteiger partial charge in [-0.2, -0.15) is 0 Å². The minimum atomic E-state index is -3.86. The molecule has 0 bridgehead atoms. The minimum Gasteiger partial charge on any atom is -0.367 e. The van der Waals surface area contributed by atoms with Crippen LogP contribution in [0.2, 0.25) is 0 Å². The van der Waals surface area contributed by atoms with Crippen LogP contribution in [0.1, 0.15) is 38.6 Å². The van der Waals surface area contributed by atoms with Crippen molar-refractivity contribution in [2.75, 3.05) is 0 Å². The summed E-state index contributed by atoms with van der Waals surface area (Å²) in [5.74, 6) is 0.538. The number of halogens is 1. The van der Waals surface area contributed by atoms with E-state index in [-0.39, 0.29) is 17.4 Å². The average Bonchev–Trinajstić information content (AvgIpc) is 2.81. The summed E-state index contributed by atoms with van der Waals surface area (Å²) in [6, 6.07) is 0. The zero-order valence-corrected chi connectivity index (χ0v) is 11.2. The summed E-state index contributed by atoms with van der Waals surface area (Å²) in [7, 11) is 1.44. The smallest absolute Gasteiger partial charge is 0.296 e. The summed E-state index contributed by atoms with van der Waals surface area (Å²) >= 11 is 0. The van der Waals surface area contributed by atoms with Crippen molar-refractivity contribution < 1.29 is 13.2 Å². The SMILES string of the molecule is CCn1c(C2CCC(C)O2)nnc1S(=O)(=O)Cl. The van der Waals surface area contributed by atoms with Gasteiger partial charge in [-0.05, 0) is 26.7 Å². The molecule has 1 aliphatic heterocycles. The van der Waals surface area contributed by atoms with Gasteiger partial charge in [-0.3, -0.25) is 4.57 Å².